The van der Waals surface area contributed by atoms with E-state index in [-0.39, 0.29) is 11.2 Å². The number of carbonyl (C=O) groups is 1. The predicted octanol–water partition coefficient (Wildman–Crippen LogP) is 3.46. The van der Waals surface area contributed by atoms with Crippen LogP contribution in [-0.4, -0.2) is 24.2 Å². The molecule has 120 valence electrons. The van der Waals surface area contributed by atoms with Gasteiger partial charge in [0.2, 0.25) is 0 Å². The third-order valence-corrected chi connectivity index (χ3v) is 5.48. The normalized spacial score (nSPS) is 20.4. The summed E-state index contributed by atoms with van der Waals surface area (Å²) in [5, 5.41) is 12.9. The number of benzene rings is 2. The van der Waals surface area contributed by atoms with Gasteiger partial charge in [-0.15, -0.1) is 11.8 Å². The number of hydrogen-bond donors (Lipinski definition) is 2. The van der Waals surface area contributed by atoms with E-state index in [9.17, 15) is 9.90 Å². The molecule has 2 atom stereocenters. The van der Waals surface area contributed by atoms with Gasteiger partial charge in [-0.25, -0.2) is 0 Å². The number of anilines is 1. The molecule has 0 aromatic heterocycles. The van der Waals surface area contributed by atoms with E-state index in [0.29, 0.717) is 0 Å². The molecule has 0 spiro atoms. The van der Waals surface area contributed by atoms with Crippen LogP contribution in [0.5, 0.6) is 5.75 Å². The van der Waals surface area contributed by atoms with E-state index < -0.39 is 6.10 Å². The second-order valence-electron chi connectivity index (χ2n) is 5.68. The van der Waals surface area contributed by atoms with Gasteiger partial charge in [-0.1, -0.05) is 12.1 Å². The molecule has 1 heterocycles. The van der Waals surface area contributed by atoms with Crippen LogP contribution in [0.3, 0.4) is 0 Å². The second-order valence-corrected chi connectivity index (χ2v) is 6.86. The van der Waals surface area contributed by atoms with Crippen LogP contribution >= 0.6 is 11.8 Å². The number of ether oxygens (including phenoxy) is 1. The van der Waals surface area contributed by atoms with Gasteiger partial charge < -0.3 is 15.2 Å². The Morgan fingerprint density at radius 3 is 2.43 bits per heavy atom. The zero-order chi connectivity index (χ0) is 16.6. The smallest absolute Gasteiger partial charge is 0.254 e. The summed E-state index contributed by atoms with van der Waals surface area (Å²) in [4.78, 5) is 13.3. The van der Waals surface area contributed by atoms with Crippen LogP contribution in [0.1, 0.15) is 21.9 Å². The highest BCUT2D eigenvalue weighted by Crippen LogP contribution is 2.44. The van der Waals surface area contributed by atoms with Gasteiger partial charge in [0.05, 0.1) is 18.0 Å². The summed E-state index contributed by atoms with van der Waals surface area (Å²) in [6.07, 6.45) is -1.11. The molecule has 3 rings (SSSR count). The molecule has 0 saturated heterocycles. The summed E-state index contributed by atoms with van der Waals surface area (Å²) in [6.45, 7) is 4.05. The first-order valence-electron chi connectivity index (χ1n) is 7.40. The van der Waals surface area contributed by atoms with Crippen molar-refractivity contribution in [2.24, 2.45) is 0 Å². The topological polar surface area (TPSA) is 58.6 Å². The lowest BCUT2D eigenvalue weighted by Crippen LogP contribution is -2.30. The molecule has 0 aliphatic carbocycles. The summed E-state index contributed by atoms with van der Waals surface area (Å²) in [5.41, 5.74) is 3.93. The van der Waals surface area contributed by atoms with Crippen molar-refractivity contribution in [3.63, 3.8) is 0 Å². The van der Waals surface area contributed by atoms with Crippen LogP contribution in [-0.2, 0) is 4.79 Å². The molecule has 1 aliphatic heterocycles. The number of thioether (sulfide) groups is 1. The van der Waals surface area contributed by atoms with Crippen molar-refractivity contribution in [1.29, 1.82) is 0 Å². The maximum absolute atomic E-state index is 12.3. The summed E-state index contributed by atoms with van der Waals surface area (Å²) < 4.78 is 5.17. The van der Waals surface area contributed by atoms with Crippen LogP contribution in [0.4, 0.5) is 5.69 Å². The van der Waals surface area contributed by atoms with E-state index in [2.05, 4.69) is 11.4 Å². The third-order valence-electron chi connectivity index (χ3n) is 4.11. The van der Waals surface area contributed by atoms with Crippen LogP contribution in [0, 0.1) is 13.8 Å². The highest BCUT2D eigenvalue weighted by molar-refractivity contribution is 7.99. The minimum Gasteiger partial charge on any atom is -0.497 e. The average molecular weight is 329 g/mol. The average Bonchev–Trinajstić information content (AvgIpc) is 2.66. The lowest BCUT2D eigenvalue weighted by molar-refractivity contribution is -0.124. The number of fused-ring (bicyclic) bond motifs is 1. The molecule has 0 saturated carbocycles. The quantitative estimate of drug-likeness (QED) is 0.886. The zero-order valence-corrected chi connectivity index (χ0v) is 14.1. The van der Waals surface area contributed by atoms with Crippen LogP contribution in [0.25, 0.3) is 0 Å². The van der Waals surface area contributed by atoms with Gasteiger partial charge in [0, 0.05) is 4.90 Å². The second kappa shape index (κ2) is 6.26. The Morgan fingerprint density at radius 2 is 1.78 bits per heavy atom. The predicted molar refractivity (Wildman–Crippen MR) is 92.1 cm³/mol. The van der Waals surface area contributed by atoms with E-state index >= 15 is 0 Å². The Hall–Kier alpha value is -1.98. The minimum absolute atomic E-state index is 0.357. The number of aliphatic hydroxyl groups is 1. The Bertz CT molecular complexity index is 743. The van der Waals surface area contributed by atoms with Gasteiger partial charge in [0.15, 0.2) is 0 Å². The lowest BCUT2D eigenvalue weighted by Gasteiger charge is -2.19. The molecular formula is C18H19NO3S. The molecule has 2 aromatic carbocycles. The largest absolute Gasteiger partial charge is 0.497 e. The van der Waals surface area contributed by atoms with Crippen LogP contribution in [0.2, 0.25) is 0 Å². The minimum atomic E-state index is -1.11. The number of hydrogen-bond acceptors (Lipinski definition) is 4. The molecule has 0 fully saturated rings. The van der Waals surface area contributed by atoms with Gasteiger partial charge in [0.25, 0.3) is 5.91 Å². The maximum atomic E-state index is 12.3. The number of methoxy groups -OCH3 is 1. The van der Waals surface area contributed by atoms with E-state index in [1.54, 1.807) is 7.11 Å². The summed E-state index contributed by atoms with van der Waals surface area (Å²) in [7, 11) is 1.61. The van der Waals surface area contributed by atoms with Crippen molar-refractivity contribution in [3.8, 4) is 5.75 Å². The highest BCUT2D eigenvalue weighted by Gasteiger charge is 2.33. The fourth-order valence-corrected chi connectivity index (χ4v) is 3.88. The summed E-state index contributed by atoms with van der Waals surface area (Å²) in [5.74, 6) is 0.374. The first kappa shape index (κ1) is 15.9. The molecule has 2 aromatic rings. The van der Waals surface area contributed by atoms with Gasteiger partial charge in [-0.05, 0) is 54.8 Å². The molecule has 0 unspecified atom stereocenters. The van der Waals surface area contributed by atoms with Crippen molar-refractivity contribution in [1.82, 2.24) is 0 Å². The van der Waals surface area contributed by atoms with Crippen molar-refractivity contribution in [2.75, 3.05) is 12.4 Å². The highest BCUT2D eigenvalue weighted by atomic mass is 32.2. The van der Waals surface area contributed by atoms with E-state index in [1.807, 2.05) is 44.2 Å². The number of amides is 1. The Balaban J connectivity index is 2.01. The lowest BCUT2D eigenvalue weighted by atomic mass is 10.1. The molecule has 1 amide bonds. The van der Waals surface area contributed by atoms with Crippen molar-refractivity contribution >= 4 is 23.4 Å². The van der Waals surface area contributed by atoms with Gasteiger partial charge >= 0.3 is 0 Å². The Kier molecular flexibility index (Phi) is 4.33. The van der Waals surface area contributed by atoms with Gasteiger partial charge in [-0.3, -0.25) is 4.79 Å². The van der Waals surface area contributed by atoms with Crippen molar-refractivity contribution in [3.05, 3.63) is 53.1 Å². The number of carbonyl (C=O) groups excluding carboxylic acids is 1. The Labute approximate surface area is 139 Å². The fourth-order valence-electron chi connectivity index (χ4n) is 2.57. The monoisotopic (exact) mass is 329 g/mol. The zero-order valence-electron chi connectivity index (χ0n) is 13.3. The van der Waals surface area contributed by atoms with Gasteiger partial charge in [-0.2, -0.15) is 0 Å². The molecule has 4 nitrogen and oxygen atoms in total. The third kappa shape index (κ3) is 3.07. The number of aryl methyl sites for hydroxylation is 2. The SMILES string of the molecule is COc1ccc([C@H]2Sc3cc(C)c(C)cc3NC(=O)[C@H]2O)cc1. The number of aliphatic hydroxyl groups excluding tert-OH is 1. The molecule has 5 heteroatoms. The standard InChI is InChI=1S/C18H19NO3S/c1-10-8-14-15(9-11(10)2)23-17(16(20)18(21)19-14)12-4-6-13(22-3)7-5-12/h4-9,16-17,20H,1-3H3,(H,19,21)/t16-,17+/m0/s1. The first-order valence-corrected chi connectivity index (χ1v) is 8.28. The molecular weight excluding hydrogens is 310 g/mol. The van der Waals surface area contributed by atoms with Crippen LogP contribution < -0.4 is 10.1 Å². The maximum Gasteiger partial charge on any atom is 0.254 e. The molecule has 23 heavy (non-hydrogen) atoms. The molecule has 0 bridgehead atoms. The van der Waals surface area contributed by atoms with Crippen molar-refractivity contribution < 1.29 is 14.6 Å². The van der Waals surface area contributed by atoms with E-state index in [0.717, 1.165) is 33.0 Å². The van der Waals surface area contributed by atoms with Crippen LogP contribution in [0.15, 0.2) is 41.3 Å². The van der Waals surface area contributed by atoms with E-state index in [1.165, 1.54) is 11.8 Å². The van der Waals surface area contributed by atoms with Gasteiger partial charge in [0.1, 0.15) is 11.9 Å². The fraction of sp³-hybridized carbons (Fsp3) is 0.278. The summed E-state index contributed by atoms with van der Waals surface area (Å²) >= 11 is 1.50. The molecule has 0 radical (unpaired) electrons. The van der Waals surface area contributed by atoms with E-state index in [4.69, 9.17) is 4.74 Å². The number of rotatable bonds is 2. The van der Waals surface area contributed by atoms with Crippen molar-refractivity contribution in [2.45, 2.75) is 30.1 Å². The first-order chi connectivity index (χ1) is 11.0. The molecule has 2 N–H and O–H groups in total. The Morgan fingerprint density at radius 1 is 1.13 bits per heavy atom. The molecule has 1 aliphatic rings. The summed E-state index contributed by atoms with van der Waals surface area (Å²) in [6, 6.07) is 11.5. The number of nitrogens with one attached hydrogen (secondary N) is 1.